The number of amides is 2. The second kappa shape index (κ2) is 11.4. The maximum atomic E-state index is 14.4. The molecule has 9 heteroatoms. The molecule has 2 heterocycles. The fourth-order valence-corrected chi connectivity index (χ4v) is 6.18. The van der Waals surface area contributed by atoms with E-state index in [0.29, 0.717) is 53.8 Å². The highest BCUT2D eigenvalue weighted by atomic mass is 35.5. The molecular formula is C30H32ClN3O4S. The number of fused-ring (bicyclic) bond motifs is 1. The third kappa shape index (κ3) is 5.15. The Kier molecular flexibility index (Phi) is 7.96. The Morgan fingerprint density at radius 2 is 1.62 bits per heavy atom. The molecule has 5 rings (SSSR count). The van der Waals surface area contributed by atoms with Gasteiger partial charge in [-0.1, -0.05) is 29.8 Å². The number of ether oxygens (including phenoxy) is 2. The Balaban J connectivity index is 1.53. The number of benzene rings is 3. The van der Waals surface area contributed by atoms with Gasteiger partial charge in [-0.3, -0.25) is 9.59 Å². The predicted molar refractivity (Wildman–Crippen MR) is 156 cm³/mol. The summed E-state index contributed by atoms with van der Waals surface area (Å²) in [6.07, 6.45) is 2.02. The number of hydrogen-bond acceptors (Lipinski definition) is 6. The van der Waals surface area contributed by atoms with Crippen molar-refractivity contribution in [1.82, 2.24) is 9.80 Å². The number of nitrogens with zero attached hydrogens (tertiary/aromatic N) is 3. The number of rotatable bonds is 6. The molecule has 0 aromatic heterocycles. The zero-order valence-electron chi connectivity index (χ0n) is 22.5. The van der Waals surface area contributed by atoms with Crippen molar-refractivity contribution >= 4 is 40.9 Å². The Bertz CT molecular complexity index is 1380. The van der Waals surface area contributed by atoms with Gasteiger partial charge in [0.1, 0.15) is 0 Å². The summed E-state index contributed by atoms with van der Waals surface area (Å²) < 4.78 is 11.1. The highest BCUT2D eigenvalue weighted by molar-refractivity contribution is 7.98. The molecule has 0 aliphatic carbocycles. The van der Waals surface area contributed by atoms with Crippen LogP contribution in [-0.4, -0.2) is 75.3 Å². The van der Waals surface area contributed by atoms with Crippen LogP contribution in [0.5, 0.6) is 11.5 Å². The maximum Gasteiger partial charge on any atom is 0.254 e. The first-order valence-corrected chi connectivity index (χ1v) is 14.4. The van der Waals surface area contributed by atoms with Crippen LogP contribution < -0.4 is 14.4 Å². The number of halogens is 1. The molecule has 3 aromatic carbocycles. The first-order chi connectivity index (χ1) is 18.9. The zero-order valence-corrected chi connectivity index (χ0v) is 24.1. The van der Waals surface area contributed by atoms with Gasteiger partial charge in [0.25, 0.3) is 5.91 Å². The summed E-state index contributed by atoms with van der Waals surface area (Å²) in [6, 6.07) is 18.9. The van der Waals surface area contributed by atoms with Crippen molar-refractivity contribution in [2.45, 2.75) is 16.9 Å². The van der Waals surface area contributed by atoms with E-state index in [9.17, 15) is 9.59 Å². The highest BCUT2D eigenvalue weighted by Gasteiger charge is 2.45. The van der Waals surface area contributed by atoms with Crippen LogP contribution in [-0.2, 0) is 4.79 Å². The molecule has 2 amide bonds. The van der Waals surface area contributed by atoms with E-state index in [1.807, 2.05) is 59.7 Å². The zero-order chi connectivity index (χ0) is 27.7. The standard InChI is InChI=1S/C30H32ClN3O4S/c1-32-28(19-8-10-22(39-4)11-9-19)27(23-17-25(37-2)26(38-3)18-24(23)29(32)35)30(36)34-14-12-33(13-15-34)21-7-5-6-20(31)16-21/h5-11,16-18,27-28H,12-15H2,1-4H3/t27-,28-/m1/s1. The summed E-state index contributed by atoms with van der Waals surface area (Å²) in [5.74, 6) is 0.198. The minimum Gasteiger partial charge on any atom is -0.493 e. The van der Waals surface area contributed by atoms with Crippen LogP contribution >= 0.6 is 23.4 Å². The molecule has 7 nitrogen and oxygen atoms in total. The normalized spacial score (nSPS) is 19.1. The van der Waals surface area contributed by atoms with Gasteiger partial charge in [-0.2, -0.15) is 0 Å². The molecule has 3 aromatic rings. The third-order valence-corrected chi connectivity index (χ3v) is 8.64. The predicted octanol–water partition coefficient (Wildman–Crippen LogP) is 5.34. The summed E-state index contributed by atoms with van der Waals surface area (Å²) >= 11 is 7.87. The average Bonchev–Trinajstić information content (AvgIpc) is 2.98. The second-order valence-electron chi connectivity index (χ2n) is 9.70. The smallest absolute Gasteiger partial charge is 0.254 e. The number of likely N-dealkylation sites (N-methyl/N-ethyl adjacent to an activating group) is 1. The van der Waals surface area contributed by atoms with Gasteiger partial charge < -0.3 is 24.2 Å². The van der Waals surface area contributed by atoms with Gasteiger partial charge in [0.15, 0.2) is 11.5 Å². The molecule has 1 saturated heterocycles. The monoisotopic (exact) mass is 565 g/mol. The van der Waals surface area contributed by atoms with E-state index in [4.69, 9.17) is 21.1 Å². The Labute approximate surface area is 238 Å². The van der Waals surface area contributed by atoms with Crippen molar-refractivity contribution in [3.05, 3.63) is 82.4 Å². The van der Waals surface area contributed by atoms with Gasteiger partial charge >= 0.3 is 0 Å². The lowest BCUT2D eigenvalue weighted by atomic mass is 9.78. The minimum atomic E-state index is -0.597. The fraction of sp³-hybridized carbons (Fsp3) is 0.333. The number of hydrogen-bond donors (Lipinski definition) is 0. The quantitative estimate of drug-likeness (QED) is 0.376. The van der Waals surface area contributed by atoms with Crippen LogP contribution in [0.3, 0.4) is 0 Å². The van der Waals surface area contributed by atoms with Crippen molar-refractivity contribution in [3.8, 4) is 11.5 Å². The van der Waals surface area contributed by atoms with Crippen LogP contribution in [0.2, 0.25) is 5.02 Å². The number of carbonyl (C=O) groups is 2. The lowest BCUT2D eigenvalue weighted by Crippen LogP contribution is -2.53. The van der Waals surface area contributed by atoms with Crippen molar-refractivity contribution in [2.75, 3.05) is 58.6 Å². The van der Waals surface area contributed by atoms with Crippen molar-refractivity contribution in [3.63, 3.8) is 0 Å². The van der Waals surface area contributed by atoms with E-state index in [1.165, 1.54) is 0 Å². The molecule has 0 radical (unpaired) electrons. The van der Waals surface area contributed by atoms with Crippen LogP contribution in [0.15, 0.2) is 65.6 Å². The highest BCUT2D eigenvalue weighted by Crippen LogP contribution is 2.46. The fourth-order valence-electron chi connectivity index (χ4n) is 5.59. The molecule has 0 N–H and O–H groups in total. The molecule has 0 saturated carbocycles. The van der Waals surface area contributed by atoms with E-state index in [-0.39, 0.29) is 11.8 Å². The molecule has 39 heavy (non-hydrogen) atoms. The van der Waals surface area contributed by atoms with Crippen LogP contribution in [0.4, 0.5) is 5.69 Å². The molecule has 2 aliphatic rings. The van der Waals surface area contributed by atoms with Gasteiger partial charge in [-0.05, 0) is 59.8 Å². The Hall–Kier alpha value is -3.36. The van der Waals surface area contributed by atoms with Crippen LogP contribution in [0.25, 0.3) is 0 Å². The largest absolute Gasteiger partial charge is 0.493 e. The summed E-state index contributed by atoms with van der Waals surface area (Å²) in [6.45, 7) is 2.53. The molecule has 0 spiro atoms. The van der Waals surface area contributed by atoms with Gasteiger partial charge in [0.05, 0.1) is 26.2 Å². The van der Waals surface area contributed by atoms with Gasteiger partial charge in [-0.15, -0.1) is 11.8 Å². The number of carbonyl (C=O) groups excluding carboxylic acids is 2. The molecule has 2 atom stereocenters. The number of anilines is 1. The molecule has 204 valence electrons. The van der Waals surface area contributed by atoms with E-state index < -0.39 is 12.0 Å². The van der Waals surface area contributed by atoms with Crippen molar-refractivity contribution in [2.24, 2.45) is 0 Å². The number of piperazine rings is 1. The Morgan fingerprint density at radius 1 is 0.949 bits per heavy atom. The SMILES string of the molecule is COc1cc2c(cc1OC)[C@@H](C(=O)N1CCN(c3cccc(Cl)c3)CC1)[C@@H](c1ccc(SC)cc1)N(C)C2=O. The summed E-state index contributed by atoms with van der Waals surface area (Å²) in [5, 5.41) is 0.692. The molecule has 1 fully saturated rings. The summed E-state index contributed by atoms with van der Waals surface area (Å²) in [5.41, 5.74) is 3.09. The molecular weight excluding hydrogens is 534 g/mol. The van der Waals surface area contributed by atoms with Gasteiger partial charge in [-0.25, -0.2) is 0 Å². The number of methoxy groups -OCH3 is 2. The van der Waals surface area contributed by atoms with E-state index in [0.717, 1.165) is 16.1 Å². The first kappa shape index (κ1) is 27.2. The first-order valence-electron chi connectivity index (χ1n) is 12.8. The van der Waals surface area contributed by atoms with Crippen LogP contribution in [0, 0.1) is 0 Å². The number of thioether (sulfide) groups is 1. The van der Waals surface area contributed by atoms with Gasteiger partial charge in [0, 0.05) is 54.4 Å². The van der Waals surface area contributed by atoms with E-state index >= 15 is 0 Å². The Morgan fingerprint density at radius 3 is 2.23 bits per heavy atom. The van der Waals surface area contributed by atoms with Crippen LogP contribution in [0.1, 0.15) is 33.4 Å². The third-order valence-electron chi connectivity index (χ3n) is 7.66. The summed E-state index contributed by atoms with van der Waals surface area (Å²) in [4.78, 5) is 35.0. The minimum absolute atomic E-state index is 0.00694. The lowest BCUT2D eigenvalue weighted by molar-refractivity contribution is -0.134. The average molecular weight is 566 g/mol. The topological polar surface area (TPSA) is 62.3 Å². The van der Waals surface area contributed by atoms with E-state index in [1.54, 1.807) is 50.1 Å². The maximum absolute atomic E-state index is 14.4. The molecule has 2 aliphatic heterocycles. The molecule has 0 unspecified atom stereocenters. The van der Waals surface area contributed by atoms with Crippen molar-refractivity contribution < 1.29 is 19.1 Å². The summed E-state index contributed by atoms with van der Waals surface area (Å²) in [7, 11) is 4.87. The molecule has 0 bridgehead atoms. The lowest BCUT2D eigenvalue weighted by Gasteiger charge is -2.43. The van der Waals surface area contributed by atoms with Gasteiger partial charge in [0.2, 0.25) is 5.91 Å². The van der Waals surface area contributed by atoms with E-state index in [2.05, 4.69) is 4.90 Å². The second-order valence-corrected chi connectivity index (χ2v) is 11.0. The van der Waals surface area contributed by atoms with Crippen molar-refractivity contribution in [1.29, 1.82) is 0 Å².